The molecule has 5 heteroatoms. The summed E-state index contributed by atoms with van der Waals surface area (Å²) >= 11 is 0. The van der Waals surface area contributed by atoms with Crippen molar-refractivity contribution in [1.82, 2.24) is 0 Å². The van der Waals surface area contributed by atoms with Crippen LogP contribution >= 0.6 is 0 Å². The SMILES string of the molecule is COC(=O)C(CC1CO1)C(=O)OC. The average molecular weight is 188 g/mol. The second-order valence-corrected chi connectivity index (χ2v) is 2.79. The Morgan fingerprint density at radius 3 is 2.15 bits per heavy atom. The molecule has 0 aromatic carbocycles. The lowest BCUT2D eigenvalue weighted by molar-refractivity contribution is -0.159. The molecule has 1 rings (SSSR count). The minimum Gasteiger partial charge on any atom is -0.468 e. The minimum atomic E-state index is -0.845. The van der Waals surface area contributed by atoms with Crippen molar-refractivity contribution in [1.29, 1.82) is 0 Å². The fourth-order valence-electron chi connectivity index (χ4n) is 1.04. The molecule has 0 saturated carbocycles. The summed E-state index contributed by atoms with van der Waals surface area (Å²) in [5.41, 5.74) is 0. The summed E-state index contributed by atoms with van der Waals surface area (Å²) in [4.78, 5) is 22.2. The Morgan fingerprint density at radius 1 is 1.38 bits per heavy atom. The summed E-state index contributed by atoms with van der Waals surface area (Å²) in [6, 6.07) is 0. The molecular formula is C8H12O5. The first kappa shape index (κ1) is 9.98. The second-order valence-electron chi connectivity index (χ2n) is 2.79. The highest BCUT2D eigenvalue weighted by Gasteiger charge is 2.36. The van der Waals surface area contributed by atoms with Crippen molar-refractivity contribution in [2.24, 2.45) is 5.92 Å². The van der Waals surface area contributed by atoms with E-state index in [1.54, 1.807) is 0 Å². The smallest absolute Gasteiger partial charge is 0.320 e. The Labute approximate surface area is 76.0 Å². The summed E-state index contributed by atoms with van der Waals surface area (Å²) in [5, 5.41) is 0. The number of epoxide rings is 1. The van der Waals surface area contributed by atoms with E-state index in [1.165, 1.54) is 14.2 Å². The first-order chi connectivity index (χ1) is 6.19. The molecule has 5 nitrogen and oxygen atoms in total. The Bertz CT molecular complexity index is 193. The van der Waals surface area contributed by atoms with E-state index in [0.29, 0.717) is 13.0 Å². The van der Waals surface area contributed by atoms with Gasteiger partial charge >= 0.3 is 11.9 Å². The lowest BCUT2D eigenvalue weighted by atomic mass is 10.0. The predicted octanol–water partition coefficient (Wildman–Crippen LogP) is -0.263. The van der Waals surface area contributed by atoms with Gasteiger partial charge in [-0.1, -0.05) is 0 Å². The van der Waals surface area contributed by atoms with E-state index >= 15 is 0 Å². The maximum absolute atomic E-state index is 11.1. The summed E-state index contributed by atoms with van der Waals surface area (Å²) in [7, 11) is 2.48. The van der Waals surface area contributed by atoms with Crippen molar-refractivity contribution in [2.45, 2.75) is 12.5 Å². The number of hydrogen-bond donors (Lipinski definition) is 0. The Hall–Kier alpha value is -1.10. The molecule has 1 heterocycles. The summed E-state index contributed by atoms with van der Waals surface area (Å²) in [5.74, 6) is -1.98. The van der Waals surface area contributed by atoms with Gasteiger partial charge in [-0.2, -0.15) is 0 Å². The van der Waals surface area contributed by atoms with Crippen molar-refractivity contribution >= 4 is 11.9 Å². The molecule has 1 saturated heterocycles. The molecule has 13 heavy (non-hydrogen) atoms. The highest BCUT2D eigenvalue weighted by Crippen LogP contribution is 2.21. The van der Waals surface area contributed by atoms with Crippen LogP contribution < -0.4 is 0 Å². The number of methoxy groups -OCH3 is 2. The van der Waals surface area contributed by atoms with Crippen molar-refractivity contribution in [3.63, 3.8) is 0 Å². The normalized spacial score (nSPS) is 19.8. The fraction of sp³-hybridized carbons (Fsp3) is 0.750. The third kappa shape index (κ3) is 2.69. The molecule has 0 aromatic rings. The largest absolute Gasteiger partial charge is 0.468 e. The Kier molecular flexibility index (Phi) is 3.25. The van der Waals surface area contributed by atoms with Crippen LogP contribution in [0.5, 0.6) is 0 Å². The van der Waals surface area contributed by atoms with Gasteiger partial charge in [-0.05, 0) is 6.42 Å². The van der Waals surface area contributed by atoms with Crippen LogP contribution in [0.4, 0.5) is 0 Å². The zero-order valence-corrected chi connectivity index (χ0v) is 7.61. The van der Waals surface area contributed by atoms with Crippen LogP contribution in [-0.4, -0.2) is 38.9 Å². The Morgan fingerprint density at radius 2 is 1.85 bits per heavy atom. The van der Waals surface area contributed by atoms with Crippen molar-refractivity contribution < 1.29 is 23.8 Å². The van der Waals surface area contributed by atoms with E-state index in [2.05, 4.69) is 9.47 Å². The van der Waals surface area contributed by atoms with Gasteiger partial charge in [-0.15, -0.1) is 0 Å². The number of carbonyl (C=O) groups excluding carboxylic acids is 2. The molecule has 1 unspecified atom stereocenters. The van der Waals surface area contributed by atoms with Gasteiger partial charge in [0.15, 0.2) is 5.92 Å². The predicted molar refractivity (Wildman–Crippen MR) is 41.9 cm³/mol. The minimum absolute atomic E-state index is 0.00296. The fourth-order valence-corrected chi connectivity index (χ4v) is 1.04. The molecule has 1 aliphatic rings. The van der Waals surface area contributed by atoms with Gasteiger partial charge < -0.3 is 14.2 Å². The molecule has 0 N–H and O–H groups in total. The Balaban J connectivity index is 2.50. The maximum atomic E-state index is 11.1. The molecule has 0 spiro atoms. The maximum Gasteiger partial charge on any atom is 0.320 e. The molecule has 0 amide bonds. The van der Waals surface area contributed by atoms with Gasteiger partial charge in [0.25, 0.3) is 0 Å². The van der Waals surface area contributed by atoms with Crippen molar-refractivity contribution in [3.8, 4) is 0 Å². The van der Waals surface area contributed by atoms with Crippen LogP contribution in [0.25, 0.3) is 0 Å². The molecule has 1 aliphatic heterocycles. The van der Waals surface area contributed by atoms with E-state index < -0.39 is 17.9 Å². The van der Waals surface area contributed by atoms with Crippen LogP contribution in [0.3, 0.4) is 0 Å². The average Bonchev–Trinajstić information content (AvgIpc) is 2.95. The zero-order chi connectivity index (χ0) is 9.84. The molecular weight excluding hydrogens is 176 g/mol. The monoisotopic (exact) mass is 188 g/mol. The number of ether oxygens (including phenoxy) is 3. The van der Waals surface area contributed by atoms with Crippen LogP contribution in [0.1, 0.15) is 6.42 Å². The summed E-state index contributed by atoms with van der Waals surface area (Å²) < 4.78 is 13.9. The number of rotatable bonds is 4. The molecule has 0 radical (unpaired) electrons. The van der Waals surface area contributed by atoms with E-state index in [0.717, 1.165) is 0 Å². The number of esters is 2. The summed E-state index contributed by atoms with van der Waals surface area (Å²) in [6.45, 7) is 0.602. The number of carbonyl (C=O) groups is 2. The van der Waals surface area contributed by atoms with E-state index in [4.69, 9.17) is 4.74 Å². The third-order valence-electron chi connectivity index (χ3n) is 1.87. The van der Waals surface area contributed by atoms with E-state index in [1.807, 2.05) is 0 Å². The number of hydrogen-bond acceptors (Lipinski definition) is 5. The lowest BCUT2D eigenvalue weighted by Crippen LogP contribution is -2.27. The van der Waals surface area contributed by atoms with Crippen LogP contribution in [0, 0.1) is 5.92 Å². The third-order valence-corrected chi connectivity index (χ3v) is 1.87. The summed E-state index contributed by atoms with van der Waals surface area (Å²) in [6.07, 6.45) is 0.350. The van der Waals surface area contributed by atoms with Gasteiger partial charge in [0.2, 0.25) is 0 Å². The van der Waals surface area contributed by atoms with Gasteiger partial charge in [-0.3, -0.25) is 9.59 Å². The highest BCUT2D eigenvalue weighted by molar-refractivity contribution is 5.94. The van der Waals surface area contributed by atoms with E-state index in [-0.39, 0.29) is 6.10 Å². The quantitative estimate of drug-likeness (QED) is 0.345. The molecule has 0 aliphatic carbocycles. The highest BCUT2D eigenvalue weighted by atomic mass is 16.6. The molecule has 74 valence electrons. The van der Waals surface area contributed by atoms with Crippen molar-refractivity contribution in [2.75, 3.05) is 20.8 Å². The molecule has 1 fully saturated rings. The zero-order valence-electron chi connectivity index (χ0n) is 7.61. The molecule has 0 aromatic heterocycles. The second kappa shape index (κ2) is 4.23. The van der Waals surface area contributed by atoms with Gasteiger partial charge in [0, 0.05) is 0 Å². The first-order valence-electron chi connectivity index (χ1n) is 3.96. The first-order valence-corrected chi connectivity index (χ1v) is 3.96. The molecule has 0 bridgehead atoms. The van der Waals surface area contributed by atoms with Crippen LogP contribution in [-0.2, 0) is 23.8 Å². The standard InChI is InChI=1S/C8H12O5/c1-11-7(9)6(8(10)12-2)3-5-4-13-5/h5-6H,3-4H2,1-2H3. The van der Waals surface area contributed by atoms with Gasteiger partial charge in [-0.25, -0.2) is 0 Å². The molecule has 1 atom stereocenters. The van der Waals surface area contributed by atoms with Gasteiger partial charge in [0.1, 0.15) is 0 Å². The van der Waals surface area contributed by atoms with Crippen LogP contribution in [0.2, 0.25) is 0 Å². The van der Waals surface area contributed by atoms with Gasteiger partial charge in [0.05, 0.1) is 26.9 Å². The topological polar surface area (TPSA) is 65.1 Å². The van der Waals surface area contributed by atoms with Crippen molar-refractivity contribution in [3.05, 3.63) is 0 Å². The van der Waals surface area contributed by atoms with E-state index in [9.17, 15) is 9.59 Å². The lowest BCUT2D eigenvalue weighted by Gasteiger charge is -2.10. The van der Waals surface area contributed by atoms with Crippen LogP contribution in [0.15, 0.2) is 0 Å².